The van der Waals surface area contributed by atoms with E-state index in [0.29, 0.717) is 0 Å². The molecule has 1 aromatic heterocycles. The second kappa shape index (κ2) is 3.66. The molecule has 0 saturated carbocycles. The summed E-state index contributed by atoms with van der Waals surface area (Å²) in [5.74, 6) is 0. The summed E-state index contributed by atoms with van der Waals surface area (Å²) in [7, 11) is 0. The van der Waals surface area contributed by atoms with E-state index in [4.69, 9.17) is 5.11 Å². The van der Waals surface area contributed by atoms with Crippen LogP contribution in [0.2, 0.25) is 0 Å². The van der Waals surface area contributed by atoms with Crippen LogP contribution in [0.5, 0.6) is 0 Å². The largest absolute Gasteiger partial charge is 0.390 e. The lowest BCUT2D eigenvalue weighted by Crippen LogP contribution is -2.15. The fourth-order valence-electron chi connectivity index (χ4n) is 1.01. The van der Waals surface area contributed by atoms with E-state index in [2.05, 4.69) is 4.98 Å². The molecule has 0 atom stereocenters. The molecule has 0 fully saturated rings. The van der Waals surface area contributed by atoms with Crippen LogP contribution in [0.1, 0.15) is 23.2 Å². The fraction of sp³-hybridized carbons (Fsp3) is 0.375. The van der Waals surface area contributed by atoms with Gasteiger partial charge in [0.25, 0.3) is 12.0 Å². The van der Waals surface area contributed by atoms with Crippen molar-refractivity contribution in [2.75, 3.05) is 0 Å². The third kappa shape index (κ3) is 1.92. The average molecular weight is 189 g/mol. The monoisotopic (exact) mass is 189 g/mol. The van der Waals surface area contributed by atoms with Crippen LogP contribution in [0.3, 0.4) is 0 Å². The maximum atomic E-state index is 12.3. The van der Waals surface area contributed by atoms with Crippen molar-refractivity contribution in [3.63, 3.8) is 0 Å². The molecule has 3 nitrogen and oxygen atoms in total. The Morgan fingerprint density at radius 2 is 2.23 bits per heavy atom. The van der Waals surface area contributed by atoms with Crippen LogP contribution in [-0.2, 0) is 6.61 Å². The summed E-state index contributed by atoms with van der Waals surface area (Å²) < 4.78 is 24.6. The zero-order chi connectivity index (χ0) is 10.0. The van der Waals surface area contributed by atoms with Gasteiger partial charge in [0.05, 0.1) is 6.61 Å². The maximum absolute atomic E-state index is 12.3. The number of H-pyrrole nitrogens is 1. The highest BCUT2D eigenvalue weighted by Crippen LogP contribution is 2.20. The summed E-state index contributed by atoms with van der Waals surface area (Å²) in [6.45, 7) is 0.872. The molecule has 1 heterocycles. The number of rotatable bonds is 2. The fourth-order valence-corrected chi connectivity index (χ4v) is 1.01. The second-order valence-corrected chi connectivity index (χ2v) is 2.66. The van der Waals surface area contributed by atoms with E-state index in [1.165, 1.54) is 6.92 Å². The number of nitrogens with one attached hydrogen (secondary N) is 1. The zero-order valence-corrected chi connectivity index (χ0v) is 6.97. The van der Waals surface area contributed by atoms with Gasteiger partial charge >= 0.3 is 0 Å². The molecule has 1 aromatic rings. The topological polar surface area (TPSA) is 53.1 Å². The van der Waals surface area contributed by atoms with E-state index in [0.717, 1.165) is 6.07 Å². The van der Waals surface area contributed by atoms with Gasteiger partial charge in [-0.2, -0.15) is 0 Å². The summed E-state index contributed by atoms with van der Waals surface area (Å²) in [4.78, 5) is 13.3. The van der Waals surface area contributed by atoms with Crippen molar-refractivity contribution in [2.45, 2.75) is 20.0 Å². The first kappa shape index (κ1) is 9.85. The Morgan fingerprint density at radius 3 is 2.69 bits per heavy atom. The normalized spacial score (nSPS) is 10.8. The Balaban J connectivity index is 3.33. The van der Waals surface area contributed by atoms with Crippen molar-refractivity contribution in [1.82, 2.24) is 4.98 Å². The Labute approximate surface area is 73.0 Å². The van der Waals surface area contributed by atoms with Gasteiger partial charge < -0.3 is 10.1 Å². The van der Waals surface area contributed by atoms with Gasteiger partial charge in [0.15, 0.2) is 0 Å². The number of aliphatic hydroxyl groups excluding tert-OH is 1. The highest BCUT2D eigenvalue weighted by molar-refractivity contribution is 5.26. The minimum Gasteiger partial charge on any atom is -0.390 e. The summed E-state index contributed by atoms with van der Waals surface area (Å²) in [6.07, 6.45) is -2.69. The predicted molar refractivity (Wildman–Crippen MR) is 42.7 cm³/mol. The standard InChI is InChI=1S/C8H9F2NO2/c1-4-6(7(9)10)2-5(3-12)11-8(4)13/h2,7,12H,3H2,1H3,(H,11,13). The number of hydrogen-bond acceptors (Lipinski definition) is 2. The smallest absolute Gasteiger partial charge is 0.264 e. The van der Waals surface area contributed by atoms with E-state index in [-0.39, 0.29) is 16.8 Å². The lowest BCUT2D eigenvalue weighted by Gasteiger charge is -2.05. The van der Waals surface area contributed by atoms with Crippen molar-refractivity contribution < 1.29 is 13.9 Å². The summed E-state index contributed by atoms with van der Waals surface area (Å²) >= 11 is 0. The van der Waals surface area contributed by atoms with Gasteiger partial charge in [-0.15, -0.1) is 0 Å². The average Bonchev–Trinajstić information content (AvgIpc) is 2.09. The molecule has 5 heteroatoms. The van der Waals surface area contributed by atoms with Gasteiger partial charge in [-0.3, -0.25) is 4.79 Å². The molecule has 0 radical (unpaired) electrons. The number of hydrogen-bond donors (Lipinski definition) is 2. The van der Waals surface area contributed by atoms with Crippen LogP contribution < -0.4 is 5.56 Å². The van der Waals surface area contributed by atoms with Crippen molar-refractivity contribution in [1.29, 1.82) is 0 Å². The van der Waals surface area contributed by atoms with Gasteiger partial charge in [-0.05, 0) is 13.0 Å². The van der Waals surface area contributed by atoms with E-state index in [1.54, 1.807) is 0 Å². The number of aliphatic hydroxyl groups is 1. The molecule has 72 valence electrons. The van der Waals surface area contributed by atoms with E-state index in [1.807, 2.05) is 0 Å². The number of aromatic amines is 1. The summed E-state index contributed by atoms with van der Waals surface area (Å²) in [6, 6.07) is 1.10. The van der Waals surface area contributed by atoms with Crippen LogP contribution >= 0.6 is 0 Å². The Hall–Kier alpha value is -1.23. The van der Waals surface area contributed by atoms with Gasteiger partial charge in [0.1, 0.15) is 0 Å². The highest BCUT2D eigenvalue weighted by Gasteiger charge is 2.13. The van der Waals surface area contributed by atoms with Crippen molar-refractivity contribution in [2.24, 2.45) is 0 Å². The third-order valence-electron chi connectivity index (χ3n) is 1.78. The molecular formula is C8H9F2NO2. The van der Waals surface area contributed by atoms with Gasteiger partial charge in [-0.1, -0.05) is 0 Å². The van der Waals surface area contributed by atoms with Crippen molar-refractivity contribution in [3.8, 4) is 0 Å². The molecule has 0 aromatic carbocycles. The molecule has 0 aliphatic heterocycles. The molecule has 2 N–H and O–H groups in total. The minimum absolute atomic E-state index is 0.00722. The second-order valence-electron chi connectivity index (χ2n) is 2.66. The summed E-state index contributed by atoms with van der Waals surface area (Å²) in [5.41, 5.74) is -0.812. The first-order valence-electron chi connectivity index (χ1n) is 3.68. The molecule has 0 unspecified atom stereocenters. The molecule has 0 aliphatic rings. The molecule has 0 bridgehead atoms. The molecule has 0 spiro atoms. The first-order chi connectivity index (χ1) is 6.06. The lowest BCUT2D eigenvalue weighted by atomic mass is 10.1. The molecular weight excluding hydrogens is 180 g/mol. The predicted octanol–water partition coefficient (Wildman–Crippen LogP) is 1.11. The highest BCUT2D eigenvalue weighted by atomic mass is 19.3. The lowest BCUT2D eigenvalue weighted by molar-refractivity contribution is 0.150. The Kier molecular flexibility index (Phi) is 2.77. The van der Waals surface area contributed by atoms with E-state index >= 15 is 0 Å². The number of alkyl halides is 2. The SMILES string of the molecule is Cc1c(C(F)F)cc(CO)[nH]c1=O. The van der Waals surface area contributed by atoms with Gasteiger partial charge in [0, 0.05) is 16.8 Å². The van der Waals surface area contributed by atoms with Crippen LogP contribution in [-0.4, -0.2) is 10.1 Å². The van der Waals surface area contributed by atoms with Gasteiger partial charge in [-0.25, -0.2) is 8.78 Å². The van der Waals surface area contributed by atoms with Crippen molar-refractivity contribution in [3.05, 3.63) is 33.2 Å². The van der Waals surface area contributed by atoms with Crippen LogP contribution in [0.15, 0.2) is 10.9 Å². The molecule has 13 heavy (non-hydrogen) atoms. The minimum atomic E-state index is -2.69. The molecule has 0 aliphatic carbocycles. The van der Waals surface area contributed by atoms with Gasteiger partial charge in [0.2, 0.25) is 0 Å². The summed E-state index contributed by atoms with van der Waals surface area (Å²) in [5, 5.41) is 8.64. The quantitative estimate of drug-likeness (QED) is 0.732. The molecule has 1 rings (SSSR count). The maximum Gasteiger partial charge on any atom is 0.264 e. The molecule has 0 amide bonds. The Morgan fingerprint density at radius 1 is 1.62 bits per heavy atom. The van der Waals surface area contributed by atoms with Crippen LogP contribution in [0.4, 0.5) is 8.78 Å². The third-order valence-corrected chi connectivity index (χ3v) is 1.78. The first-order valence-corrected chi connectivity index (χ1v) is 3.68. The zero-order valence-electron chi connectivity index (χ0n) is 6.97. The van der Waals surface area contributed by atoms with Crippen LogP contribution in [0, 0.1) is 6.92 Å². The number of pyridine rings is 1. The van der Waals surface area contributed by atoms with Crippen LogP contribution in [0.25, 0.3) is 0 Å². The Bertz CT molecular complexity index is 360. The number of halogens is 2. The van der Waals surface area contributed by atoms with E-state index in [9.17, 15) is 13.6 Å². The van der Waals surface area contributed by atoms with E-state index < -0.39 is 18.6 Å². The van der Waals surface area contributed by atoms with Crippen molar-refractivity contribution >= 4 is 0 Å². The molecule has 0 saturated heterocycles. The number of aromatic nitrogens is 1.